The lowest BCUT2D eigenvalue weighted by molar-refractivity contribution is -0.124. The second-order valence-corrected chi connectivity index (χ2v) is 15.7. The fraction of sp³-hybridized carbons (Fsp3) is 0.929. The summed E-state index contributed by atoms with van der Waals surface area (Å²) in [6, 6.07) is -0.779. The highest BCUT2D eigenvalue weighted by Gasteiger charge is 2.19. The SMILES string of the molecule is CC.CC.CC.CC.CC.CC.CC.CNCCCCC(NC)C(=O)NCCCCC(NC)C(=O)NCCCN(C)CCCCN(C)CCCNC(=O)C(CCCCNC(=O)C(CCCCNC)NC)NC. The summed E-state index contributed by atoms with van der Waals surface area (Å²) in [5.41, 5.74) is 0. The third-order valence-electron chi connectivity index (χ3n) is 10.8. The lowest BCUT2D eigenvalue weighted by Gasteiger charge is -2.20. The van der Waals surface area contributed by atoms with E-state index in [4.69, 9.17) is 0 Å². The van der Waals surface area contributed by atoms with Crippen LogP contribution < -0.4 is 53.2 Å². The number of amides is 4. The summed E-state index contributed by atoms with van der Waals surface area (Å²) in [6.45, 7) is 36.4. The van der Waals surface area contributed by atoms with E-state index in [0.717, 1.165) is 142 Å². The van der Waals surface area contributed by atoms with Crippen LogP contribution in [0.2, 0.25) is 0 Å². The van der Waals surface area contributed by atoms with Gasteiger partial charge in [-0.15, -0.1) is 0 Å². The first-order valence-corrected chi connectivity index (χ1v) is 29.5. The Labute approximate surface area is 450 Å². The maximum absolute atomic E-state index is 12.7. The van der Waals surface area contributed by atoms with Gasteiger partial charge in [0.1, 0.15) is 0 Å². The molecule has 440 valence electrons. The average molecular weight is 1040 g/mol. The Morgan fingerprint density at radius 3 is 0.694 bits per heavy atom. The zero-order valence-electron chi connectivity index (χ0n) is 52.2. The number of hydrogen-bond donors (Lipinski definition) is 10. The molecule has 0 fully saturated rings. The molecule has 4 unspecified atom stereocenters. The van der Waals surface area contributed by atoms with Crippen LogP contribution in [0.4, 0.5) is 0 Å². The maximum Gasteiger partial charge on any atom is 0.237 e. The molecule has 0 heterocycles. The fourth-order valence-corrected chi connectivity index (χ4v) is 6.90. The largest absolute Gasteiger partial charge is 0.355 e. The van der Waals surface area contributed by atoms with Gasteiger partial charge in [-0.3, -0.25) is 19.2 Å². The minimum Gasteiger partial charge on any atom is -0.355 e. The molecular weight excluding hydrogens is 905 g/mol. The summed E-state index contributed by atoms with van der Waals surface area (Å²) < 4.78 is 0. The summed E-state index contributed by atoms with van der Waals surface area (Å²) >= 11 is 0. The van der Waals surface area contributed by atoms with Gasteiger partial charge in [0.2, 0.25) is 23.6 Å². The summed E-state index contributed by atoms with van der Waals surface area (Å²) in [6.07, 6.45) is 14.7. The molecule has 4 amide bonds. The maximum atomic E-state index is 12.7. The van der Waals surface area contributed by atoms with Crippen molar-refractivity contribution in [1.82, 2.24) is 63.0 Å². The lowest BCUT2D eigenvalue weighted by atomic mass is 10.1. The summed E-state index contributed by atoms with van der Waals surface area (Å²) in [7, 11) is 15.5. The van der Waals surface area contributed by atoms with E-state index in [2.05, 4.69) is 77.1 Å². The van der Waals surface area contributed by atoms with E-state index in [1.165, 1.54) is 0 Å². The molecule has 0 saturated carbocycles. The molecule has 0 aliphatic rings. The van der Waals surface area contributed by atoms with E-state index < -0.39 is 0 Å². The minimum atomic E-state index is -0.229. The van der Waals surface area contributed by atoms with Gasteiger partial charge in [-0.25, -0.2) is 0 Å². The van der Waals surface area contributed by atoms with Crippen molar-refractivity contribution in [3.05, 3.63) is 0 Å². The minimum absolute atomic E-state index is 0.0366. The molecule has 72 heavy (non-hydrogen) atoms. The molecule has 0 bridgehead atoms. The second kappa shape index (κ2) is 77.5. The molecule has 0 spiro atoms. The molecule has 16 nitrogen and oxygen atoms in total. The van der Waals surface area contributed by atoms with Crippen LogP contribution in [0.25, 0.3) is 0 Å². The molecular formula is C56H132N12O4. The quantitative estimate of drug-likeness (QED) is 0.0271. The fourth-order valence-electron chi connectivity index (χ4n) is 6.90. The number of nitrogens with one attached hydrogen (secondary N) is 10. The van der Waals surface area contributed by atoms with Crippen LogP contribution in [0.1, 0.15) is 200 Å². The molecule has 0 rings (SSSR count). The zero-order chi connectivity index (χ0) is 57.2. The molecule has 0 aliphatic heterocycles. The number of rotatable bonds is 41. The monoisotopic (exact) mass is 1040 g/mol. The number of nitrogens with zero attached hydrogens (tertiary/aromatic N) is 2. The third-order valence-corrected chi connectivity index (χ3v) is 10.8. The van der Waals surface area contributed by atoms with Gasteiger partial charge in [0.15, 0.2) is 0 Å². The highest BCUT2D eigenvalue weighted by molar-refractivity contribution is 5.83. The molecule has 10 N–H and O–H groups in total. The Balaban J connectivity index is -0.000000445. The summed E-state index contributed by atoms with van der Waals surface area (Å²) in [4.78, 5) is 55.1. The van der Waals surface area contributed by atoms with Gasteiger partial charge >= 0.3 is 0 Å². The van der Waals surface area contributed by atoms with Crippen molar-refractivity contribution in [2.45, 2.75) is 224 Å². The van der Waals surface area contributed by atoms with Crippen molar-refractivity contribution in [3.8, 4) is 0 Å². The average Bonchev–Trinajstić information content (AvgIpc) is 3.43. The van der Waals surface area contributed by atoms with Crippen molar-refractivity contribution in [2.75, 3.05) is 122 Å². The number of unbranched alkanes of at least 4 members (excludes halogenated alkanes) is 5. The van der Waals surface area contributed by atoms with Gasteiger partial charge in [-0.05, 0) is 186 Å². The Bertz CT molecular complexity index is 955. The Kier molecular flexibility index (Phi) is 92.8. The second-order valence-electron chi connectivity index (χ2n) is 15.7. The van der Waals surface area contributed by atoms with Crippen LogP contribution in [0.5, 0.6) is 0 Å². The van der Waals surface area contributed by atoms with Gasteiger partial charge in [-0.1, -0.05) is 110 Å². The van der Waals surface area contributed by atoms with Crippen molar-refractivity contribution in [1.29, 1.82) is 0 Å². The standard InChI is InChI=1S/C42H90N12O4.7C2H6/c1-43-25-13-9-21-35(45-3)39(55)49-27-15-11-23-37(47-5)41(57)51-29-19-33-53(7)31-17-18-32-54(8)34-20-30-52-42(58)38(48-6)24-12-16-28-50-40(56)36(46-4)22-10-14-26-44-2;7*1-2/h35-38,43-48H,9-34H2,1-8H3,(H,49,55)(H,50,56)(H,51,57)(H,52,58);7*1-2H3. The van der Waals surface area contributed by atoms with E-state index in [0.29, 0.717) is 26.2 Å². The van der Waals surface area contributed by atoms with Gasteiger partial charge in [0, 0.05) is 26.2 Å². The molecule has 0 aromatic rings. The Morgan fingerprint density at radius 2 is 0.486 bits per heavy atom. The van der Waals surface area contributed by atoms with Crippen LogP contribution in [0.3, 0.4) is 0 Å². The smallest absolute Gasteiger partial charge is 0.237 e. The van der Waals surface area contributed by atoms with Crippen molar-refractivity contribution in [3.63, 3.8) is 0 Å². The molecule has 0 aromatic carbocycles. The number of likely N-dealkylation sites (N-methyl/N-ethyl adjacent to an activating group) is 4. The first-order chi connectivity index (χ1) is 35.1. The van der Waals surface area contributed by atoms with Gasteiger partial charge in [-0.2, -0.15) is 0 Å². The highest BCUT2D eigenvalue weighted by atomic mass is 16.2. The number of carbonyl (C=O) groups is 4. The third kappa shape index (κ3) is 60.1. The van der Waals surface area contributed by atoms with E-state index in [-0.39, 0.29) is 47.8 Å². The number of carbonyl (C=O) groups excluding carboxylic acids is 4. The summed E-state index contributed by atoms with van der Waals surface area (Å²) in [5.74, 6) is 0.174. The normalized spacial score (nSPS) is 11.6. The van der Waals surface area contributed by atoms with E-state index in [9.17, 15) is 19.2 Å². The van der Waals surface area contributed by atoms with Gasteiger partial charge in [0.25, 0.3) is 0 Å². The molecule has 4 atom stereocenters. The number of hydrogen-bond acceptors (Lipinski definition) is 12. The van der Waals surface area contributed by atoms with Crippen LogP contribution in [0.15, 0.2) is 0 Å². The Hall–Kier alpha value is -2.44. The van der Waals surface area contributed by atoms with Gasteiger partial charge < -0.3 is 63.0 Å². The van der Waals surface area contributed by atoms with Crippen molar-refractivity contribution >= 4 is 23.6 Å². The van der Waals surface area contributed by atoms with Crippen LogP contribution in [-0.2, 0) is 19.2 Å². The van der Waals surface area contributed by atoms with Crippen LogP contribution in [-0.4, -0.2) is 179 Å². The molecule has 0 radical (unpaired) electrons. The van der Waals surface area contributed by atoms with Crippen molar-refractivity contribution in [2.24, 2.45) is 0 Å². The molecule has 0 aromatic heterocycles. The van der Waals surface area contributed by atoms with E-state index >= 15 is 0 Å². The first-order valence-electron chi connectivity index (χ1n) is 29.5. The topological polar surface area (TPSA) is 195 Å². The first kappa shape index (κ1) is 86.3. The zero-order valence-corrected chi connectivity index (χ0v) is 52.2. The van der Waals surface area contributed by atoms with Crippen molar-refractivity contribution < 1.29 is 19.2 Å². The van der Waals surface area contributed by atoms with E-state index in [1.54, 1.807) is 0 Å². The van der Waals surface area contributed by atoms with E-state index in [1.807, 2.05) is 139 Å². The predicted octanol–water partition coefficient (Wildman–Crippen LogP) is 7.53. The molecule has 16 heteroatoms. The summed E-state index contributed by atoms with van der Waals surface area (Å²) in [5, 5.41) is 31.0. The van der Waals surface area contributed by atoms with Crippen LogP contribution in [0, 0.1) is 0 Å². The predicted molar refractivity (Wildman–Crippen MR) is 320 cm³/mol. The van der Waals surface area contributed by atoms with Crippen LogP contribution >= 0.6 is 0 Å². The molecule has 0 saturated heterocycles. The molecule has 0 aliphatic carbocycles. The van der Waals surface area contributed by atoms with Gasteiger partial charge in [0.05, 0.1) is 24.2 Å². The highest BCUT2D eigenvalue weighted by Crippen LogP contribution is 2.05. The lowest BCUT2D eigenvalue weighted by Crippen LogP contribution is -2.44. The Morgan fingerprint density at radius 1 is 0.292 bits per heavy atom.